The topological polar surface area (TPSA) is 75.9 Å². The van der Waals surface area contributed by atoms with Gasteiger partial charge in [0.05, 0.1) is 13.7 Å². The molecule has 0 aliphatic rings. The molecule has 1 rings (SSSR count). The van der Waals surface area contributed by atoms with E-state index in [0.717, 1.165) is 6.54 Å². The maximum absolute atomic E-state index is 11.5. The van der Waals surface area contributed by atoms with E-state index in [0.29, 0.717) is 36.1 Å². The molecule has 1 aromatic rings. The molecule has 0 aliphatic heterocycles. The highest BCUT2D eigenvalue weighted by Crippen LogP contribution is 2.16. The Morgan fingerprint density at radius 2 is 2.30 bits per heavy atom. The summed E-state index contributed by atoms with van der Waals surface area (Å²) in [7, 11) is 1.33. The highest BCUT2D eigenvalue weighted by atomic mass is 16.5. The van der Waals surface area contributed by atoms with Gasteiger partial charge in [-0.05, 0) is 19.9 Å². The molecule has 0 unspecified atom stereocenters. The fraction of sp³-hybridized carbons (Fsp3) is 0.429. The molecule has 108 valence electrons. The van der Waals surface area contributed by atoms with Gasteiger partial charge in [0.25, 0.3) is 0 Å². The number of esters is 1. The summed E-state index contributed by atoms with van der Waals surface area (Å²) in [5, 5.41) is 6.02. The third-order valence-electron chi connectivity index (χ3n) is 2.47. The molecule has 0 amide bonds. The van der Waals surface area contributed by atoms with Gasteiger partial charge in [0.2, 0.25) is 0 Å². The highest BCUT2D eigenvalue weighted by molar-refractivity contribution is 5.90. The summed E-state index contributed by atoms with van der Waals surface area (Å²) in [5.41, 5.74) is 0.416. The van der Waals surface area contributed by atoms with Crippen LogP contribution in [-0.2, 0) is 11.3 Å². The van der Waals surface area contributed by atoms with Crippen LogP contribution in [0.1, 0.15) is 28.8 Å². The predicted octanol–water partition coefficient (Wildman–Crippen LogP) is 1.06. The number of furan rings is 1. The Hall–Kier alpha value is -2.42. The van der Waals surface area contributed by atoms with Crippen molar-refractivity contribution in [3.63, 3.8) is 0 Å². The Bertz CT molecular complexity index is 526. The molecule has 0 bridgehead atoms. The normalized spacial score (nSPS) is 10.8. The van der Waals surface area contributed by atoms with Gasteiger partial charge in [-0.25, -0.2) is 9.79 Å². The number of aliphatic imine (C=N–C) groups is 1. The SMILES string of the molecule is C#CCNC(=NCc1cc(C(=O)OC)c(C)o1)NCC. The van der Waals surface area contributed by atoms with Crippen molar-refractivity contribution >= 4 is 11.9 Å². The van der Waals surface area contributed by atoms with E-state index in [1.165, 1.54) is 7.11 Å². The Labute approximate surface area is 118 Å². The average Bonchev–Trinajstić information content (AvgIpc) is 2.82. The fourth-order valence-corrected chi connectivity index (χ4v) is 1.57. The molecule has 0 radical (unpaired) electrons. The van der Waals surface area contributed by atoms with Crippen molar-refractivity contribution in [3.8, 4) is 12.3 Å². The van der Waals surface area contributed by atoms with E-state index in [9.17, 15) is 4.79 Å². The summed E-state index contributed by atoms with van der Waals surface area (Å²) in [6.45, 7) is 5.08. The van der Waals surface area contributed by atoms with Crippen LogP contribution in [-0.4, -0.2) is 32.1 Å². The quantitative estimate of drug-likeness (QED) is 0.364. The maximum atomic E-state index is 11.5. The second-order valence-electron chi connectivity index (χ2n) is 3.93. The first kappa shape index (κ1) is 15.6. The second kappa shape index (κ2) is 7.89. The molecule has 2 N–H and O–H groups in total. The van der Waals surface area contributed by atoms with Crippen LogP contribution in [0.15, 0.2) is 15.5 Å². The predicted molar refractivity (Wildman–Crippen MR) is 76.4 cm³/mol. The zero-order valence-electron chi connectivity index (χ0n) is 11.9. The number of methoxy groups -OCH3 is 1. The lowest BCUT2D eigenvalue weighted by Gasteiger charge is -2.07. The highest BCUT2D eigenvalue weighted by Gasteiger charge is 2.14. The van der Waals surface area contributed by atoms with E-state index >= 15 is 0 Å². The zero-order valence-corrected chi connectivity index (χ0v) is 11.9. The van der Waals surface area contributed by atoms with Crippen molar-refractivity contribution in [1.82, 2.24) is 10.6 Å². The molecule has 0 aromatic carbocycles. The molecule has 0 saturated heterocycles. The number of ether oxygens (including phenoxy) is 1. The first-order chi connectivity index (χ1) is 9.62. The molecule has 0 fully saturated rings. The number of nitrogens with one attached hydrogen (secondary N) is 2. The lowest BCUT2D eigenvalue weighted by Crippen LogP contribution is -2.37. The summed E-state index contributed by atoms with van der Waals surface area (Å²) >= 11 is 0. The molecule has 6 nitrogen and oxygen atoms in total. The smallest absolute Gasteiger partial charge is 0.341 e. The monoisotopic (exact) mass is 277 g/mol. The lowest BCUT2D eigenvalue weighted by molar-refractivity contribution is 0.0599. The van der Waals surface area contributed by atoms with Gasteiger partial charge in [-0.3, -0.25) is 0 Å². The average molecular weight is 277 g/mol. The molecule has 0 spiro atoms. The number of terminal acetylenes is 1. The largest absolute Gasteiger partial charge is 0.465 e. The van der Waals surface area contributed by atoms with Crippen LogP contribution < -0.4 is 10.6 Å². The van der Waals surface area contributed by atoms with Crippen molar-refractivity contribution in [2.45, 2.75) is 20.4 Å². The molecule has 1 heterocycles. The van der Waals surface area contributed by atoms with E-state index in [4.69, 9.17) is 10.8 Å². The van der Waals surface area contributed by atoms with Gasteiger partial charge in [0.1, 0.15) is 23.6 Å². The first-order valence-corrected chi connectivity index (χ1v) is 6.25. The number of hydrogen-bond acceptors (Lipinski definition) is 4. The van der Waals surface area contributed by atoms with Crippen LogP contribution in [0, 0.1) is 19.3 Å². The molecule has 6 heteroatoms. The first-order valence-electron chi connectivity index (χ1n) is 6.25. The van der Waals surface area contributed by atoms with E-state index in [-0.39, 0.29) is 0 Å². The summed E-state index contributed by atoms with van der Waals surface area (Å²) in [6, 6.07) is 1.63. The minimum Gasteiger partial charge on any atom is -0.465 e. The van der Waals surface area contributed by atoms with Crippen molar-refractivity contribution in [2.24, 2.45) is 4.99 Å². The Kier molecular flexibility index (Phi) is 6.17. The van der Waals surface area contributed by atoms with Gasteiger partial charge in [-0.1, -0.05) is 5.92 Å². The summed E-state index contributed by atoms with van der Waals surface area (Å²) in [4.78, 5) is 15.8. The number of rotatable bonds is 5. The molecule has 1 aromatic heterocycles. The van der Waals surface area contributed by atoms with Crippen LogP contribution in [0.3, 0.4) is 0 Å². The van der Waals surface area contributed by atoms with E-state index in [2.05, 4.69) is 26.3 Å². The van der Waals surface area contributed by atoms with E-state index in [1.807, 2.05) is 6.92 Å². The van der Waals surface area contributed by atoms with E-state index < -0.39 is 5.97 Å². The van der Waals surface area contributed by atoms with Crippen LogP contribution >= 0.6 is 0 Å². The van der Waals surface area contributed by atoms with Crippen LogP contribution in [0.5, 0.6) is 0 Å². The van der Waals surface area contributed by atoms with Gasteiger partial charge in [-0.15, -0.1) is 6.42 Å². The van der Waals surface area contributed by atoms with E-state index in [1.54, 1.807) is 13.0 Å². The van der Waals surface area contributed by atoms with Crippen LogP contribution in [0.4, 0.5) is 0 Å². The minimum atomic E-state index is -0.418. The third kappa shape index (κ3) is 4.35. The number of nitrogens with zero attached hydrogens (tertiary/aromatic N) is 1. The number of aryl methyl sites for hydroxylation is 1. The summed E-state index contributed by atoms with van der Waals surface area (Å²) < 4.78 is 10.1. The van der Waals surface area contributed by atoms with Gasteiger partial charge >= 0.3 is 5.97 Å². The van der Waals surface area contributed by atoms with Gasteiger partial charge in [0.15, 0.2) is 5.96 Å². The minimum absolute atomic E-state index is 0.303. The standard InChI is InChI=1S/C14H19N3O3/c1-5-7-16-14(15-6-2)17-9-11-8-12(10(3)20-11)13(18)19-4/h1,8H,6-7,9H2,2-4H3,(H2,15,16,17). The fourth-order valence-electron chi connectivity index (χ4n) is 1.57. The number of carbonyl (C=O) groups excluding carboxylic acids is 1. The molecular formula is C14H19N3O3. The van der Waals surface area contributed by atoms with Gasteiger partial charge < -0.3 is 19.8 Å². The van der Waals surface area contributed by atoms with Crippen molar-refractivity contribution in [1.29, 1.82) is 0 Å². The second-order valence-corrected chi connectivity index (χ2v) is 3.93. The van der Waals surface area contributed by atoms with Crippen LogP contribution in [0.25, 0.3) is 0 Å². The summed E-state index contributed by atoms with van der Waals surface area (Å²) in [6.07, 6.45) is 5.19. The van der Waals surface area contributed by atoms with Crippen molar-refractivity contribution in [3.05, 3.63) is 23.2 Å². The van der Waals surface area contributed by atoms with Crippen LogP contribution in [0.2, 0.25) is 0 Å². The number of guanidine groups is 1. The molecule has 0 saturated carbocycles. The van der Waals surface area contributed by atoms with Gasteiger partial charge in [-0.2, -0.15) is 0 Å². The van der Waals surface area contributed by atoms with Crippen molar-refractivity contribution < 1.29 is 13.9 Å². The molecule has 0 aliphatic carbocycles. The zero-order chi connectivity index (χ0) is 15.0. The molecule has 0 atom stereocenters. The third-order valence-corrected chi connectivity index (χ3v) is 2.47. The maximum Gasteiger partial charge on any atom is 0.341 e. The summed E-state index contributed by atoms with van der Waals surface area (Å²) in [5.74, 6) is 3.75. The molecular weight excluding hydrogens is 258 g/mol. The lowest BCUT2D eigenvalue weighted by atomic mass is 10.2. The number of carbonyl (C=O) groups is 1. The Balaban J connectivity index is 2.76. The Morgan fingerprint density at radius 1 is 1.55 bits per heavy atom. The Morgan fingerprint density at radius 3 is 2.90 bits per heavy atom. The molecule has 20 heavy (non-hydrogen) atoms. The van der Waals surface area contributed by atoms with Crippen molar-refractivity contribution in [2.75, 3.05) is 20.2 Å². The van der Waals surface area contributed by atoms with Gasteiger partial charge in [0, 0.05) is 6.54 Å². The number of hydrogen-bond donors (Lipinski definition) is 2.